The molecular formula is C25H33N3O6. The first-order chi connectivity index (χ1) is 15.9. The number of nitrogens with one attached hydrogen (secondary N) is 2. The van der Waals surface area contributed by atoms with Crippen molar-refractivity contribution in [2.24, 2.45) is 5.73 Å². The summed E-state index contributed by atoms with van der Waals surface area (Å²) < 4.78 is 11.0. The van der Waals surface area contributed by atoms with E-state index in [0.29, 0.717) is 12.4 Å². The second-order valence-corrected chi connectivity index (χ2v) is 8.95. The molecule has 9 heteroatoms. The Kier molecular flexibility index (Phi) is 9.44. The van der Waals surface area contributed by atoms with Crippen molar-refractivity contribution in [1.29, 1.82) is 0 Å². The average Bonchev–Trinajstić information content (AvgIpc) is 2.75. The lowest BCUT2D eigenvalue weighted by Crippen LogP contribution is -2.57. The highest BCUT2D eigenvalue weighted by Crippen LogP contribution is 2.16. The number of benzene rings is 2. The van der Waals surface area contributed by atoms with Gasteiger partial charge < -0.3 is 30.9 Å². The lowest BCUT2D eigenvalue weighted by atomic mass is 10.0. The van der Waals surface area contributed by atoms with Gasteiger partial charge in [-0.3, -0.25) is 9.59 Å². The predicted octanol–water partition coefficient (Wildman–Crippen LogP) is 2.05. The van der Waals surface area contributed by atoms with E-state index in [9.17, 15) is 19.5 Å². The molecule has 0 heterocycles. The van der Waals surface area contributed by atoms with Gasteiger partial charge in [-0.25, -0.2) is 4.79 Å². The minimum absolute atomic E-state index is 0.106. The van der Waals surface area contributed by atoms with Crippen LogP contribution in [0.3, 0.4) is 0 Å². The highest BCUT2D eigenvalue weighted by atomic mass is 16.6. The average molecular weight is 472 g/mol. The van der Waals surface area contributed by atoms with Crippen LogP contribution in [0.4, 0.5) is 4.79 Å². The summed E-state index contributed by atoms with van der Waals surface area (Å²) in [4.78, 5) is 36.8. The zero-order chi connectivity index (χ0) is 25.3. The quantitative estimate of drug-likeness (QED) is 0.418. The van der Waals surface area contributed by atoms with Gasteiger partial charge in [0, 0.05) is 6.42 Å². The van der Waals surface area contributed by atoms with Crippen molar-refractivity contribution in [3.8, 4) is 5.75 Å². The molecule has 9 nitrogen and oxygen atoms in total. The predicted molar refractivity (Wildman–Crippen MR) is 127 cm³/mol. The standard InChI is InChI=1S/C25H33N3O6/c1-16(29)21(22(26)30)28-23(31)20(27-24(32)34-25(2,3)4)14-17-10-12-19(13-11-17)33-15-18-8-6-5-7-9-18/h5-13,16,20-21,29H,14-15H2,1-4H3,(H2,26,30)(H,27,32)(H,28,31)/t16-,20-,21+/m1/s1. The molecule has 0 aliphatic heterocycles. The number of nitrogens with two attached hydrogens (primary N) is 1. The van der Waals surface area contributed by atoms with Gasteiger partial charge in [0.2, 0.25) is 11.8 Å². The molecule has 2 aromatic carbocycles. The molecule has 5 N–H and O–H groups in total. The maximum absolute atomic E-state index is 12.9. The number of primary amides is 1. The molecule has 2 rings (SSSR count). The third-order valence-corrected chi connectivity index (χ3v) is 4.71. The van der Waals surface area contributed by atoms with Crippen LogP contribution >= 0.6 is 0 Å². The van der Waals surface area contributed by atoms with E-state index < -0.39 is 41.7 Å². The van der Waals surface area contributed by atoms with Gasteiger partial charge >= 0.3 is 6.09 Å². The number of rotatable bonds is 10. The number of amides is 3. The Morgan fingerprint density at radius 1 is 0.971 bits per heavy atom. The van der Waals surface area contributed by atoms with Crippen molar-refractivity contribution in [3.05, 3.63) is 65.7 Å². The molecule has 0 aliphatic carbocycles. The van der Waals surface area contributed by atoms with E-state index in [1.165, 1.54) is 6.92 Å². The van der Waals surface area contributed by atoms with Crippen LogP contribution in [0, 0.1) is 0 Å². The number of aliphatic hydroxyl groups excluding tert-OH is 1. The molecule has 3 amide bonds. The van der Waals surface area contributed by atoms with Crippen LogP contribution in [0.5, 0.6) is 5.75 Å². The third-order valence-electron chi connectivity index (χ3n) is 4.71. The Balaban J connectivity index is 2.10. The molecule has 184 valence electrons. The van der Waals surface area contributed by atoms with Gasteiger partial charge in [0.25, 0.3) is 0 Å². The summed E-state index contributed by atoms with van der Waals surface area (Å²) in [6.45, 7) is 6.85. The van der Waals surface area contributed by atoms with Gasteiger partial charge in [0.15, 0.2) is 0 Å². The van der Waals surface area contributed by atoms with Gasteiger partial charge in [-0.2, -0.15) is 0 Å². The number of hydrogen-bond acceptors (Lipinski definition) is 6. The summed E-state index contributed by atoms with van der Waals surface area (Å²) in [6.07, 6.45) is -1.89. The zero-order valence-electron chi connectivity index (χ0n) is 19.9. The van der Waals surface area contributed by atoms with E-state index in [0.717, 1.165) is 11.1 Å². The second kappa shape index (κ2) is 12.0. The molecule has 0 saturated carbocycles. The molecule has 0 bridgehead atoms. The molecule has 0 fully saturated rings. The van der Waals surface area contributed by atoms with Crippen molar-refractivity contribution >= 4 is 17.9 Å². The van der Waals surface area contributed by atoms with Crippen molar-refractivity contribution in [2.75, 3.05) is 0 Å². The SMILES string of the molecule is C[C@@H](O)[C@H](NC(=O)[C@@H](Cc1ccc(OCc2ccccc2)cc1)NC(=O)OC(C)(C)C)C(N)=O. The van der Waals surface area contributed by atoms with Crippen LogP contribution in [-0.4, -0.2) is 46.8 Å². The van der Waals surface area contributed by atoms with Gasteiger partial charge in [0.05, 0.1) is 6.10 Å². The Morgan fingerprint density at radius 2 is 1.59 bits per heavy atom. The topological polar surface area (TPSA) is 140 Å². The number of aliphatic hydroxyl groups is 1. The van der Waals surface area contributed by atoms with Crippen LogP contribution in [0.1, 0.15) is 38.8 Å². The van der Waals surface area contributed by atoms with Crippen LogP contribution in [0.2, 0.25) is 0 Å². The van der Waals surface area contributed by atoms with Gasteiger partial charge in [0.1, 0.15) is 30.0 Å². The van der Waals surface area contributed by atoms with E-state index in [1.54, 1.807) is 45.0 Å². The molecule has 0 aliphatic rings. The summed E-state index contributed by atoms with van der Waals surface area (Å²) in [7, 11) is 0. The van der Waals surface area contributed by atoms with Crippen molar-refractivity contribution in [3.63, 3.8) is 0 Å². The summed E-state index contributed by atoms with van der Waals surface area (Å²) in [6, 6.07) is 14.4. The van der Waals surface area contributed by atoms with E-state index in [1.807, 2.05) is 30.3 Å². The first-order valence-corrected chi connectivity index (χ1v) is 11.0. The molecular weight excluding hydrogens is 438 g/mol. The van der Waals surface area contributed by atoms with Crippen LogP contribution in [-0.2, 0) is 27.4 Å². The summed E-state index contributed by atoms with van der Waals surface area (Å²) in [5, 5.41) is 14.7. The van der Waals surface area contributed by atoms with E-state index in [2.05, 4.69) is 10.6 Å². The number of alkyl carbamates (subject to hydrolysis) is 1. The highest BCUT2D eigenvalue weighted by molar-refractivity contribution is 5.91. The molecule has 2 aromatic rings. The molecule has 3 atom stereocenters. The van der Waals surface area contributed by atoms with Crippen LogP contribution < -0.4 is 21.1 Å². The van der Waals surface area contributed by atoms with Crippen molar-refractivity contribution < 1.29 is 29.0 Å². The van der Waals surface area contributed by atoms with E-state index in [4.69, 9.17) is 15.2 Å². The monoisotopic (exact) mass is 471 g/mol. The summed E-state index contributed by atoms with van der Waals surface area (Å²) in [5.74, 6) is -0.921. The molecule has 0 spiro atoms. The lowest BCUT2D eigenvalue weighted by molar-refractivity contribution is -0.130. The minimum Gasteiger partial charge on any atom is -0.489 e. The smallest absolute Gasteiger partial charge is 0.408 e. The normalized spacial score (nSPS) is 13.8. The largest absolute Gasteiger partial charge is 0.489 e. The van der Waals surface area contributed by atoms with Gasteiger partial charge in [-0.15, -0.1) is 0 Å². The lowest BCUT2D eigenvalue weighted by Gasteiger charge is -2.25. The van der Waals surface area contributed by atoms with Crippen LogP contribution in [0.15, 0.2) is 54.6 Å². The maximum atomic E-state index is 12.9. The molecule has 0 unspecified atom stereocenters. The Bertz CT molecular complexity index is 955. The maximum Gasteiger partial charge on any atom is 0.408 e. The molecule has 0 radical (unpaired) electrons. The first-order valence-electron chi connectivity index (χ1n) is 11.0. The van der Waals surface area contributed by atoms with E-state index in [-0.39, 0.29) is 6.42 Å². The fourth-order valence-electron chi connectivity index (χ4n) is 3.04. The van der Waals surface area contributed by atoms with Crippen LogP contribution in [0.25, 0.3) is 0 Å². The minimum atomic E-state index is -1.30. The van der Waals surface area contributed by atoms with Crippen molar-refractivity contribution in [1.82, 2.24) is 10.6 Å². The fourth-order valence-corrected chi connectivity index (χ4v) is 3.04. The Morgan fingerprint density at radius 3 is 2.12 bits per heavy atom. The number of hydrogen-bond donors (Lipinski definition) is 4. The molecule has 34 heavy (non-hydrogen) atoms. The van der Waals surface area contributed by atoms with Crippen molar-refractivity contribution in [2.45, 2.75) is 64.5 Å². The van der Waals surface area contributed by atoms with Gasteiger partial charge in [-0.05, 0) is 51.0 Å². The number of carbonyl (C=O) groups excluding carboxylic acids is 3. The highest BCUT2D eigenvalue weighted by Gasteiger charge is 2.29. The summed E-state index contributed by atoms with van der Waals surface area (Å²) in [5.41, 5.74) is 6.27. The Labute approximate surface area is 199 Å². The van der Waals surface area contributed by atoms with Gasteiger partial charge in [-0.1, -0.05) is 42.5 Å². The zero-order valence-corrected chi connectivity index (χ0v) is 19.9. The number of ether oxygens (including phenoxy) is 2. The van der Waals surface area contributed by atoms with E-state index >= 15 is 0 Å². The fraction of sp³-hybridized carbons (Fsp3) is 0.400. The summed E-state index contributed by atoms with van der Waals surface area (Å²) >= 11 is 0. The molecule has 0 aromatic heterocycles. The Hall–Kier alpha value is -3.59. The number of carbonyl (C=O) groups is 3. The first kappa shape index (κ1) is 26.7. The third kappa shape index (κ3) is 9.11. The second-order valence-electron chi connectivity index (χ2n) is 8.95. The molecule has 0 saturated heterocycles.